The SMILES string of the molecule is C[C@@H]1C[C@H]2OC(=O)[C@@]3(C)C(=O)CC[C@@](C)([C@@H]23)[C@@]12CC[C@]1(CO[C@@H](O)C1)O2. The van der Waals surface area contributed by atoms with Gasteiger partial charge in [-0.2, -0.15) is 0 Å². The van der Waals surface area contributed by atoms with E-state index in [-0.39, 0.29) is 35.1 Å². The van der Waals surface area contributed by atoms with Crippen LogP contribution in [0.2, 0.25) is 0 Å². The molecule has 0 aromatic rings. The van der Waals surface area contributed by atoms with Crippen LogP contribution < -0.4 is 0 Å². The third-order valence-electron chi connectivity index (χ3n) is 8.60. The highest BCUT2D eigenvalue weighted by Gasteiger charge is 2.76. The molecule has 2 spiro atoms. The minimum atomic E-state index is -1.05. The van der Waals surface area contributed by atoms with Crippen LogP contribution in [0.1, 0.15) is 59.3 Å². The van der Waals surface area contributed by atoms with Gasteiger partial charge in [0.15, 0.2) is 6.29 Å². The zero-order chi connectivity index (χ0) is 18.5. The number of hydrogen-bond acceptors (Lipinski definition) is 6. The van der Waals surface area contributed by atoms with E-state index in [0.717, 1.165) is 25.7 Å². The summed E-state index contributed by atoms with van der Waals surface area (Å²) in [6.45, 7) is 6.60. The van der Waals surface area contributed by atoms with E-state index < -0.39 is 22.9 Å². The van der Waals surface area contributed by atoms with E-state index in [0.29, 0.717) is 19.4 Å². The van der Waals surface area contributed by atoms with Crippen LogP contribution in [0.5, 0.6) is 0 Å². The number of rotatable bonds is 0. The first-order valence-corrected chi connectivity index (χ1v) is 9.91. The van der Waals surface area contributed by atoms with Crippen LogP contribution in [0.4, 0.5) is 0 Å². The van der Waals surface area contributed by atoms with E-state index in [4.69, 9.17) is 14.2 Å². The predicted octanol–water partition coefficient (Wildman–Crippen LogP) is 1.97. The molecule has 0 aromatic heterocycles. The van der Waals surface area contributed by atoms with Crippen LogP contribution in [0.15, 0.2) is 0 Å². The molecule has 0 unspecified atom stereocenters. The van der Waals surface area contributed by atoms with Gasteiger partial charge in [0.1, 0.15) is 17.3 Å². The summed E-state index contributed by atoms with van der Waals surface area (Å²) in [5.41, 5.74) is -2.20. The maximum atomic E-state index is 12.8. The Labute approximate surface area is 153 Å². The number of hydrogen-bond donors (Lipinski definition) is 1. The number of aliphatic hydroxyl groups is 1. The van der Waals surface area contributed by atoms with Crippen LogP contribution in [-0.2, 0) is 23.8 Å². The van der Waals surface area contributed by atoms with Gasteiger partial charge in [-0.1, -0.05) is 13.8 Å². The summed E-state index contributed by atoms with van der Waals surface area (Å²) in [6, 6.07) is 0. The van der Waals surface area contributed by atoms with Crippen LogP contribution >= 0.6 is 0 Å². The molecule has 0 bridgehead atoms. The smallest absolute Gasteiger partial charge is 0.320 e. The fraction of sp³-hybridized carbons (Fsp3) is 0.900. The van der Waals surface area contributed by atoms with Crippen LogP contribution in [0, 0.1) is 22.7 Å². The van der Waals surface area contributed by atoms with Crippen molar-refractivity contribution < 1.29 is 28.9 Å². The molecule has 3 saturated heterocycles. The fourth-order valence-corrected chi connectivity index (χ4v) is 7.29. The quantitative estimate of drug-likeness (QED) is 0.523. The molecule has 5 fully saturated rings. The number of carbonyl (C=O) groups is 2. The number of carbonyl (C=O) groups excluding carboxylic acids is 2. The topological polar surface area (TPSA) is 82.1 Å². The van der Waals surface area contributed by atoms with Gasteiger partial charge in [-0.15, -0.1) is 0 Å². The number of aliphatic hydroxyl groups excluding tert-OH is 1. The minimum absolute atomic E-state index is 0.0181. The largest absolute Gasteiger partial charge is 0.461 e. The minimum Gasteiger partial charge on any atom is -0.461 e. The van der Waals surface area contributed by atoms with Crippen molar-refractivity contribution in [1.29, 1.82) is 0 Å². The molecule has 5 aliphatic rings. The monoisotopic (exact) mass is 364 g/mol. The van der Waals surface area contributed by atoms with Crippen molar-refractivity contribution in [3.8, 4) is 0 Å². The summed E-state index contributed by atoms with van der Waals surface area (Å²) in [4.78, 5) is 25.5. The Morgan fingerprint density at radius 1 is 1.15 bits per heavy atom. The van der Waals surface area contributed by atoms with Crippen molar-refractivity contribution in [1.82, 2.24) is 0 Å². The normalized spacial score (nSPS) is 58.5. The first kappa shape index (κ1) is 17.1. The number of esters is 1. The molecule has 5 rings (SSSR count). The fourth-order valence-electron chi connectivity index (χ4n) is 7.29. The third-order valence-corrected chi connectivity index (χ3v) is 8.60. The Bertz CT molecular complexity index is 692. The van der Waals surface area contributed by atoms with Gasteiger partial charge in [-0.05, 0) is 38.5 Å². The molecular weight excluding hydrogens is 336 g/mol. The number of ketones is 1. The summed E-state index contributed by atoms with van der Waals surface area (Å²) in [6.07, 6.45) is 3.11. The van der Waals surface area contributed by atoms with Gasteiger partial charge in [-0.25, -0.2) is 0 Å². The zero-order valence-electron chi connectivity index (χ0n) is 15.7. The maximum Gasteiger partial charge on any atom is 0.320 e. The van der Waals surface area contributed by atoms with E-state index >= 15 is 0 Å². The predicted molar refractivity (Wildman–Crippen MR) is 90.0 cm³/mol. The lowest BCUT2D eigenvalue weighted by Crippen LogP contribution is -2.67. The lowest BCUT2D eigenvalue weighted by atomic mass is 9.44. The van der Waals surface area contributed by atoms with E-state index in [9.17, 15) is 14.7 Å². The molecule has 0 amide bonds. The van der Waals surface area contributed by atoms with Gasteiger partial charge in [0, 0.05) is 24.2 Å². The Morgan fingerprint density at radius 2 is 1.92 bits per heavy atom. The summed E-state index contributed by atoms with van der Waals surface area (Å²) in [7, 11) is 0. The van der Waals surface area contributed by atoms with Crippen molar-refractivity contribution in [2.45, 2.75) is 82.9 Å². The highest BCUT2D eigenvalue weighted by Crippen LogP contribution is 2.70. The van der Waals surface area contributed by atoms with Crippen LogP contribution in [0.3, 0.4) is 0 Å². The second-order valence-corrected chi connectivity index (χ2v) is 9.75. The molecule has 26 heavy (non-hydrogen) atoms. The number of ether oxygens (including phenoxy) is 3. The number of fused-ring (bicyclic) bond motifs is 1. The maximum absolute atomic E-state index is 12.8. The summed E-state index contributed by atoms with van der Waals surface area (Å²) in [5.74, 6) is -0.249. The standard InChI is InChI=1S/C20H28O6/c1-11-8-12-15-17(2,5-4-13(21)18(15,3)16(23)25-12)20(11)7-6-19(26-20)9-14(22)24-10-19/h11-12,14-15,22H,4-10H2,1-3H3/t11-,12-,14-,15-,17+,18+,19+,20-/m1/s1. The van der Waals surface area contributed by atoms with Gasteiger partial charge >= 0.3 is 5.97 Å². The lowest BCUT2D eigenvalue weighted by molar-refractivity contribution is -0.247. The molecule has 2 aliphatic carbocycles. The van der Waals surface area contributed by atoms with E-state index in [1.807, 2.05) is 0 Å². The molecule has 144 valence electrons. The van der Waals surface area contributed by atoms with Gasteiger partial charge in [-0.3, -0.25) is 9.59 Å². The first-order chi connectivity index (χ1) is 12.2. The molecule has 3 heterocycles. The molecule has 0 radical (unpaired) electrons. The Hall–Kier alpha value is -0.980. The Kier molecular flexibility index (Phi) is 3.22. The second-order valence-electron chi connectivity index (χ2n) is 9.75. The summed E-state index contributed by atoms with van der Waals surface area (Å²) in [5, 5.41) is 9.90. The van der Waals surface area contributed by atoms with Crippen LogP contribution in [-0.4, -0.2) is 47.1 Å². The average Bonchev–Trinajstić information content (AvgIpc) is 3.21. The van der Waals surface area contributed by atoms with Gasteiger partial charge in [0.2, 0.25) is 0 Å². The van der Waals surface area contributed by atoms with E-state index in [1.54, 1.807) is 6.92 Å². The van der Waals surface area contributed by atoms with Crippen molar-refractivity contribution >= 4 is 11.8 Å². The highest BCUT2D eigenvalue weighted by atomic mass is 16.6. The molecule has 6 nitrogen and oxygen atoms in total. The summed E-state index contributed by atoms with van der Waals surface area (Å²) >= 11 is 0. The van der Waals surface area contributed by atoms with Crippen molar-refractivity contribution in [3.05, 3.63) is 0 Å². The van der Waals surface area contributed by atoms with E-state index in [2.05, 4.69) is 13.8 Å². The van der Waals surface area contributed by atoms with Crippen LogP contribution in [0.25, 0.3) is 0 Å². The van der Waals surface area contributed by atoms with Crippen molar-refractivity contribution in [2.75, 3.05) is 6.61 Å². The van der Waals surface area contributed by atoms with E-state index in [1.165, 1.54) is 0 Å². The first-order valence-electron chi connectivity index (χ1n) is 9.91. The van der Waals surface area contributed by atoms with Crippen molar-refractivity contribution in [2.24, 2.45) is 22.7 Å². The van der Waals surface area contributed by atoms with Gasteiger partial charge in [0.05, 0.1) is 17.8 Å². The van der Waals surface area contributed by atoms with Gasteiger partial charge in [0.25, 0.3) is 0 Å². The molecule has 2 saturated carbocycles. The second kappa shape index (κ2) is 4.89. The molecule has 8 atom stereocenters. The zero-order valence-corrected chi connectivity index (χ0v) is 15.7. The Morgan fingerprint density at radius 3 is 2.62 bits per heavy atom. The summed E-state index contributed by atoms with van der Waals surface area (Å²) < 4.78 is 18.1. The molecule has 3 aliphatic heterocycles. The molecule has 0 aromatic carbocycles. The number of Topliss-reactive ketones (excluding diaryl/α,β-unsaturated/α-hetero) is 1. The Balaban J connectivity index is 1.60. The molecule has 1 N–H and O–H groups in total. The van der Waals surface area contributed by atoms with Crippen molar-refractivity contribution in [3.63, 3.8) is 0 Å². The average molecular weight is 364 g/mol. The third kappa shape index (κ3) is 1.74. The lowest BCUT2D eigenvalue weighted by Gasteiger charge is -2.61. The highest BCUT2D eigenvalue weighted by molar-refractivity contribution is 6.06. The van der Waals surface area contributed by atoms with Gasteiger partial charge < -0.3 is 19.3 Å². The molecule has 6 heteroatoms. The molecular formula is C20H28O6.